The van der Waals surface area contributed by atoms with E-state index >= 15 is 0 Å². The molecule has 9 heteroatoms. The number of hydrogen-bond acceptors (Lipinski definition) is 6. The predicted octanol–water partition coefficient (Wildman–Crippen LogP) is 1.66. The van der Waals surface area contributed by atoms with Crippen LogP contribution >= 0.6 is 0 Å². The Hall–Kier alpha value is -3.33. The smallest absolute Gasteiger partial charge is 0.252 e. The molecule has 168 valence electrons. The summed E-state index contributed by atoms with van der Waals surface area (Å²) in [4.78, 5) is 34.8. The van der Waals surface area contributed by atoms with Crippen molar-refractivity contribution in [3.8, 4) is 0 Å². The van der Waals surface area contributed by atoms with E-state index < -0.39 is 0 Å². The molecule has 3 N–H and O–H groups in total. The number of nitrogens with one attached hydrogen (secondary N) is 1. The lowest BCUT2D eigenvalue weighted by Gasteiger charge is -2.30. The quantitative estimate of drug-likeness (QED) is 0.583. The number of likely N-dealkylation sites (tertiary alicyclic amines) is 1. The highest BCUT2D eigenvalue weighted by Gasteiger charge is 2.22. The van der Waals surface area contributed by atoms with Crippen LogP contribution < -0.4 is 11.1 Å². The number of fused-ring (bicyclic) bond motifs is 1. The van der Waals surface area contributed by atoms with Gasteiger partial charge in [0.15, 0.2) is 5.82 Å². The van der Waals surface area contributed by atoms with Gasteiger partial charge in [-0.1, -0.05) is 12.1 Å². The van der Waals surface area contributed by atoms with Gasteiger partial charge >= 0.3 is 0 Å². The van der Waals surface area contributed by atoms with Crippen molar-refractivity contribution in [2.75, 3.05) is 25.0 Å². The molecular weight excluding hydrogens is 406 g/mol. The zero-order chi connectivity index (χ0) is 22.7. The number of aromatic nitrogens is 4. The fourth-order valence-corrected chi connectivity index (χ4v) is 4.11. The molecule has 0 atom stereocenters. The van der Waals surface area contributed by atoms with Crippen molar-refractivity contribution in [1.29, 1.82) is 0 Å². The molecule has 1 aliphatic rings. The highest BCUT2D eigenvalue weighted by molar-refractivity contribution is 5.91. The minimum Gasteiger partial charge on any atom is -0.369 e. The van der Waals surface area contributed by atoms with Crippen LogP contribution in [-0.4, -0.2) is 55.9 Å². The fourth-order valence-electron chi connectivity index (χ4n) is 4.11. The number of hydrogen-bond donors (Lipinski definition) is 2. The molecule has 9 nitrogen and oxygen atoms in total. The first-order valence-corrected chi connectivity index (χ1v) is 11.0. The van der Waals surface area contributed by atoms with Gasteiger partial charge in [0.05, 0.1) is 6.42 Å². The topological polar surface area (TPSA) is 119 Å². The number of benzene rings is 1. The minimum atomic E-state index is -0.180. The Labute approximate surface area is 187 Å². The summed E-state index contributed by atoms with van der Waals surface area (Å²) in [6.07, 6.45) is 2.70. The summed E-state index contributed by atoms with van der Waals surface area (Å²) in [6.45, 7) is 6.61. The molecule has 32 heavy (non-hydrogen) atoms. The molecule has 4 rings (SSSR count). The Morgan fingerprint density at radius 3 is 2.53 bits per heavy atom. The van der Waals surface area contributed by atoms with Crippen LogP contribution in [0.2, 0.25) is 0 Å². The van der Waals surface area contributed by atoms with Crippen molar-refractivity contribution >= 4 is 23.3 Å². The van der Waals surface area contributed by atoms with Crippen LogP contribution in [0, 0.1) is 19.8 Å². The van der Waals surface area contributed by atoms with E-state index in [-0.39, 0.29) is 24.2 Å². The number of primary amides is 1. The Morgan fingerprint density at radius 1 is 1.12 bits per heavy atom. The van der Waals surface area contributed by atoms with Crippen LogP contribution in [0.15, 0.2) is 30.3 Å². The maximum Gasteiger partial charge on any atom is 0.252 e. The minimum absolute atomic E-state index is 0.0225. The summed E-state index contributed by atoms with van der Waals surface area (Å²) in [5.74, 6) is 0.629. The van der Waals surface area contributed by atoms with Crippen LogP contribution in [0.25, 0.3) is 5.78 Å². The van der Waals surface area contributed by atoms with Crippen LogP contribution in [0.3, 0.4) is 0 Å². The van der Waals surface area contributed by atoms with Gasteiger partial charge in [-0.15, -0.1) is 5.10 Å². The summed E-state index contributed by atoms with van der Waals surface area (Å²) >= 11 is 0. The first kappa shape index (κ1) is 21.9. The van der Waals surface area contributed by atoms with E-state index in [1.54, 1.807) is 4.52 Å². The van der Waals surface area contributed by atoms with Crippen molar-refractivity contribution in [2.45, 2.75) is 39.5 Å². The van der Waals surface area contributed by atoms with E-state index in [1.165, 1.54) is 5.56 Å². The summed E-state index contributed by atoms with van der Waals surface area (Å²) in [6, 6.07) is 9.82. The molecule has 0 bridgehead atoms. The number of piperidine rings is 1. The average Bonchev–Trinajstić information content (AvgIpc) is 3.16. The molecule has 0 saturated carbocycles. The summed E-state index contributed by atoms with van der Waals surface area (Å²) in [7, 11) is 0. The van der Waals surface area contributed by atoms with Gasteiger partial charge in [-0.05, 0) is 70.0 Å². The largest absolute Gasteiger partial charge is 0.369 e. The molecule has 1 aromatic carbocycles. The predicted molar refractivity (Wildman–Crippen MR) is 121 cm³/mol. The van der Waals surface area contributed by atoms with Gasteiger partial charge in [-0.25, -0.2) is 9.50 Å². The Morgan fingerprint density at radius 2 is 1.84 bits per heavy atom. The summed E-state index contributed by atoms with van der Waals surface area (Å²) in [5.41, 5.74) is 9.15. The van der Waals surface area contributed by atoms with E-state index in [2.05, 4.69) is 25.3 Å². The molecular formula is C23H29N7O2. The number of carbonyl (C=O) groups is 2. The van der Waals surface area contributed by atoms with E-state index in [4.69, 9.17) is 5.73 Å². The molecule has 3 aromatic rings. The lowest BCUT2D eigenvalue weighted by atomic mass is 9.96. The van der Waals surface area contributed by atoms with E-state index in [0.717, 1.165) is 56.0 Å². The molecule has 0 aliphatic carbocycles. The Balaban J connectivity index is 1.27. The van der Waals surface area contributed by atoms with Crippen molar-refractivity contribution in [3.05, 3.63) is 53.1 Å². The summed E-state index contributed by atoms with van der Waals surface area (Å²) < 4.78 is 1.65. The monoisotopic (exact) mass is 435 g/mol. The van der Waals surface area contributed by atoms with E-state index in [1.807, 2.05) is 44.2 Å². The zero-order valence-electron chi connectivity index (χ0n) is 18.5. The first-order valence-electron chi connectivity index (χ1n) is 11.0. The Bertz CT molecular complexity index is 1120. The number of nitrogens with zero attached hydrogens (tertiary/aromatic N) is 5. The highest BCUT2D eigenvalue weighted by atomic mass is 16.2. The third-order valence-electron chi connectivity index (χ3n) is 5.93. The maximum atomic E-state index is 12.4. The van der Waals surface area contributed by atoms with Crippen molar-refractivity contribution < 1.29 is 9.59 Å². The molecule has 1 aliphatic heterocycles. The van der Waals surface area contributed by atoms with Gasteiger partial charge < -0.3 is 16.0 Å². The van der Waals surface area contributed by atoms with Gasteiger partial charge in [0.2, 0.25) is 11.8 Å². The molecule has 1 saturated heterocycles. The number of aryl methyl sites for hydroxylation is 2. The third kappa shape index (κ3) is 5.28. The van der Waals surface area contributed by atoms with Crippen molar-refractivity contribution in [3.63, 3.8) is 0 Å². The molecule has 0 radical (unpaired) electrons. The molecule has 0 spiro atoms. The zero-order valence-corrected chi connectivity index (χ0v) is 18.5. The van der Waals surface area contributed by atoms with Gasteiger partial charge in [0.25, 0.3) is 5.78 Å². The summed E-state index contributed by atoms with van der Waals surface area (Å²) in [5, 5.41) is 7.29. The fraction of sp³-hybridized carbons (Fsp3) is 0.435. The van der Waals surface area contributed by atoms with E-state index in [0.29, 0.717) is 11.6 Å². The SMILES string of the molecule is Cc1cc(C)n2nc(CC(=O)Nc3ccc(CCN4CCC(C(N)=O)CC4)cc3)nc2n1. The normalized spacial score (nSPS) is 15.2. The average molecular weight is 436 g/mol. The standard InChI is InChI=1S/C23H29N7O2/c1-15-13-16(2)30-23(25-15)27-20(28-30)14-21(31)26-19-5-3-17(4-6-19)7-10-29-11-8-18(9-12-29)22(24)32/h3-6,13,18H,7-12,14H2,1-2H3,(H2,24,32)(H,26,31). The number of rotatable bonds is 7. The van der Waals surface area contributed by atoms with Gasteiger partial charge in [0, 0.05) is 29.5 Å². The second-order valence-corrected chi connectivity index (χ2v) is 8.47. The van der Waals surface area contributed by atoms with Crippen LogP contribution in [0.5, 0.6) is 0 Å². The second kappa shape index (κ2) is 9.44. The first-order chi connectivity index (χ1) is 15.4. The van der Waals surface area contributed by atoms with Gasteiger partial charge in [-0.3, -0.25) is 9.59 Å². The van der Waals surface area contributed by atoms with Crippen LogP contribution in [0.4, 0.5) is 5.69 Å². The van der Waals surface area contributed by atoms with Crippen LogP contribution in [0.1, 0.15) is 35.6 Å². The number of carbonyl (C=O) groups excluding carboxylic acids is 2. The Kier molecular flexibility index (Phi) is 6.45. The molecule has 2 aromatic heterocycles. The highest BCUT2D eigenvalue weighted by Crippen LogP contribution is 2.17. The molecule has 2 amide bonds. The number of nitrogens with two attached hydrogens (primary N) is 1. The molecule has 0 unspecified atom stereocenters. The third-order valence-corrected chi connectivity index (χ3v) is 5.93. The maximum absolute atomic E-state index is 12.4. The van der Waals surface area contributed by atoms with Crippen molar-refractivity contribution in [2.24, 2.45) is 11.7 Å². The lowest BCUT2D eigenvalue weighted by molar-refractivity contribution is -0.123. The lowest BCUT2D eigenvalue weighted by Crippen LogP contribution is -2.39. The number of anilines is 1. The van der Waals surface area contributed by atoms with Crippen molar-refractivity contribution in [1.82, 2.24) is 24.5 Å². The molecule has 3 heterocycles. The van der Waals surface area contributed by atoms with Gasteiger partial charge in [-0.2, -0.15) is 4.98 Å². The van der Waals surface area contributed by atoms with E-state index in [9.17, 15) is 9.59 Å². The second-order valence-electron chi connectivity index (χ2n) is 8.47. The number of amides is 2. The molecule has 1 fully saturated rings. The van der Waals surface area contributed by atoms with Gasteiger partial charge in [0.1, 0.15) is 0 Å². The van der Waals surface area contributed by atoms with Crippen LogP contribution in [-0.2, 0) is 22.4 Å².